The van der Waals surface area contributed by atoms with Crippen LogP contribution in [0.2, 0.25) is 0 Å². The number of urea groups is 1. The van der Waals surface area contributed by atoms with Gasteiger partial charge in [-0.2, -0.15) is 5.26 Å². The summed E-state index contributed by atoms with van der Waals surface area (Å²) in [6, 6.07) is 8.85. The highest BCUT2D eigenvalue weighted by Gasteiger charge is 2.13. The van der Waals surface area contributed by atoms with Gasteiger partial charge >= 0.3 is 12.0 Å². The van der Waals surface area contributed by atoms with E-state index in [2.05, 4.69) is 11.4 Å². The van der Waals surface area contributed by atoms with Crippen molar-refractivity contribution in [2.75, 3.05) is 18.9 Å². The monoisotopic (exact) mass is 289 g/mol. The quantitative estimate of drug-likeness (QED) is 0.840. The lowest BCUT2D eigenvalue weighted by atomic mass is 10.1. The van der Waals surface area contributed by atoms with Crippen molar-refractivity contribution in [2.24, 2.45) is 5.92 Å². The number of nitriles is 1. The molecule has 1 atom stereocenters. The molecule has 6 heteroatoms. The van der Waals surface area contributed by atoms with E-state index in [4.69, 9.17) is 10.4 Å². The molecule has 0 fully saturated rings. The van der Waals surface area contributed by atoms with Crippen LogP contribution in [-0.2, 0) is 11.2 Å². The highest BCUT2D eigenvalue weighted by molar-refractivity contribution is 5.90. The molecule has 0 heterocycles. The SMILES string of the molecule is CC(C#N)CN(C)C(=O)Nc1ccccc1CCC(=O)O. The topological polar surface area (TPSA) is 93.4 Å². The summed E-state index contributed by atoms with van der Waals surface area (Å²) in [5.74, 6) is -1.13. The number of anilines is 1. The van der Waals surface area contributed by atoms with Crippen LogP contribution in [0, 0.1) is 17.2 Å². The third kappa shape index (κ3) is 5.53. The number of nitrogens with one attached hydrogen (secondary N) is 1. The van der Waals surface area contributed by atoms with Crippen molar-refractivity contribution < 1.29 is 14.7 Å². The fourth-order valence-electron chi connectivity index (χ4n) is 1.85. The minimum Gasteiger partial charge on any atom is -0.481 e. The van der Waals surface area contributed by atoms with Crippen molar-refractivity contribution in [3.8, 4) is 6.07 Å². The van der Waals surface area contributed by atoms with Crippen LogP contribution >= 0.6 is 0 Å². The first-order valence-electron chi connectivity index (χ1n) is 6.65. The van der Waals surface area contributed by atoms with E-state index in [-0.39, 0.29) is 18.4 Å². The second kappa shape index (κ2) is 7.90. The second-order valence-corrected chi connectivity index (χ2v) is 4.89. The van der Waals surface area contributed by atoms with E-state index >= 15 is 0 Å². The van der Waals surface area contributed by atoms with E-state index in [0.29, 0.717) is 18.7 Å². The fraction of sp³-hybridized carbons (Fsp3) is 0.400. The summed E-state index contributed by atoms with van der Waals surface area (Å²) in [6.45, 7) is 2.07. The number of hydrogen-bond donors (Lipinski definition) is 2. The summed E-state index contributed by atoms with van der Waals surface area (Å²) in [7, 11) is 1.61. The molecule has 21 heavy (non-hydrogen) atoms. The molecule has 0 aliphatic heterocycles. The number of aryl methyl sites for hydroxylation is 1. The minimum absolute atomic E-state index is 0.00812. The standard InChI is InChI=1S/C15H19N3O3/c1-11(9-16)10-18(2)15(21)17-13-6-4-3-5-12(13)7-8-14(19)20/h3-6,11H,7-8,10H2,1-2H3,(H,17,21)(H,19,20). The Balaban J connectivity index is 2.71. The Morgan fingerprint density at radius 2 is 2.10 bits per heavy atom. The molecular formula is C15H19N3O3. The van der Waals surface area contributed by atoms with Crippen molar-refractivity contribution in [2.45, 2.75) is 19.8 Å². The van der Waals surface area contributed by atoms with E-state index in [9.17, 15) is 9.59 Å². The highest BCUT2D eigenvalue weighted by atomic mass is 16.4. The number of hydrogen-bond acceptors (Lipinski definition) is 3. The van der Waals surface area contributed by atoms with Gasteiger partial charge in [0.2, 0.25) is 0 Å². The highest BCUT2D eigenvalue weighted by Crippen LogP contribution is 2.17. The number of aliphatic carboxylic acids is 1. The molecule has 0 saturated heterocycles. The zero-order chi connectivity index (χ0) is 15.8. The Hall–Kier alpha value is -2.55. The van der Waals surface area contributed by atoms with Gasteiger partial charge in [-0.25, -0.2) is 4.79 Å². The van der Waals surface area contributed by atoms with Gasteiger partial charge in [0, 0.05) is 25.7 Å². The molecule has 0 saturated carbocycles. The summed E-state index contributed by atoms with van der Waals surface area (Å²) in [6.07, 6.45) is 0.359. The zero-order valence-electron chi connectivity index (χ0n) is 12.2. The lowest BCUT2D eigenvalue weighted by Gasteiger charge is -2.20. The largest absolute Gasteiger partial charge is 0.481 e. The Morgan fingerprint density at radius 1 is 1.43 bits per heavy atom. The first-order valence-corrected chi connectivity index (χ1v) is 6.65. The van der Waals surface area contributed by atoms with Crippen LogP contribution in [0.4, 0.5) is 10.5 Å². The molecule has 0 spiro atoms. The maximum absolute atomic E-state index is 12.0. The molecular weight excluding hydrogens is 270 g/mol. The number of rotatable bonds is 6. The Kier molecular flexibility index (Phi) is 6.21. The molecule has 0 aliphatic carbocycles. The lowest BCUT2D eigenvalue weighted by Crippen LogP contribution is -2.34. The van der Waals surface area contributed by atoms with Gasteiger partial charge in [0.05, 0.1) is 12.0 Å². The molecule has 1 unspecified atom stereocenters. The van der Waals surface area contributed by atoms with Gasteiger partial charge in [-0.15, -0.1) is 0 Å². The van der Waals surface area contributed by atoms with Crippen LogP contribution in [0.25, 0.3) is 0 Å². The molecule has 0 radical (unpaired) electrons. The molecule has 0 bridgehead atoms. The van der Waals surface area contributed by atoms with E-state index in [1.54, 1.807) is 38.2 Å². The first kappa shape index (κ1) is 16.5. The average molecular weight is 289 g/mol. The molecule has 0 aliphatic rings. The van der Waals surface area contributed by atoms with Crippen molar-refractivity contribution in [1.29, 1.82) is 5.26 Å². The number of amides is 2. The first-order chi connectivity index (χ1) is 9.93. The number of carbonyl (C=O) groups excluding carboxylic acids is 1. The van der Waals surface area contributed by atoms with Crippen LogP contribution in [0.5, 0.6) is 0 Å². The van der Waals surface area contributed by atoms with Gasteiger partial charge in [-0.05, 0) is 25.0 Å². The van der Waals surface area contributed by atoms with Gasteiger partial charge in [0.25, 0.3) is 0 Å². The normalized spacial score (nSPS) is 11.3. The van der Waals surface area contributed by atoms with Crippen LogP contribution in [-0.4, -0.2) is 35.6 Å². The Bertz CT molecular complexity index is 551. The van der Waals surface area contributed by atoms with Crippen molar-refractivity contribution in [3.05, 3.63) is 29.8 Å². The minimum atomic E-state index is -0.879. The zero-order valence-corrected chi connectivity index (χ0v) is 12.2. The third-order valence-electron chi connectivity index (χ3n) is 2.98. The molecule has 1 aromatic carbocycles. The lowest BCUT2D eigenvalue weighted by molar-refractivity contribution is -0.136. The summed E-state index contributed by atoms with van der Waals surface area (Å²) in [5, 5.41) is 20.2. The predicted octanol–water partition coefficient (Wildman–Crippen LogP) is 2.33. The van der Waals surface area contributed by atoms with Crippen LogP contribution < -0.4 is 5.32 Å². The Labute approximate surface area is 124 Å². The molecule has 2 amide bonds. The van der Waals surface area contributed by atoms with Crippen molar-refractivity contribution in [1.82, 2.24) is 4.90 Å². The van der Waals surface area contributed by atoms with E-state index < -0.39 is 5.97 Å². The molecule has 0 aromatic heterocycles. The smallest absolute Gasteiger partial charge is 0.321 e. The number of para-hydroxylation sites is 1. The summed E-state index contributed by atoms with van der Waals surface area (Å²) >= 11 is 0. The third-order valence-corrected chi connectivity index (χ3v) is 2.98. The molecule has 1 aromatic rings. The molecule has 2 N–H and O–H groups in total. The number of nitrogens with zero attached hydrogens (tertiary/aromatic N) is 2. The summed E-state index contributed by atoms with van der Waals surface area (Å²) in [5.41, 5.74) is 1.37. The van der Waals surface area contributed by atoms with E-state index in [0.717, 1.165) is 5.56 Å². The van der Waals surface area contributed by atoms with E-state index in [1.165, 1.54) is 4.90 Å². The average Bonchev–Trinajstić information content (AvgIpc) is 2.45. The Morgan fingerprint density at radius 3 is 2.71 bits per heavy atom. The van der Waals surface area contributed by atoms with Crippen LogP contribution in [0.1, 0.15) is 18.9 Å². The van der Waals surface area contributed by atoms with Gasteiger partial charge in [0.1, 0.15) is 0 Å². The number of carboxylic acids is 1. The fourth-order valence-corrected chi connectivity index (χ4v) is 1.85. The van der Waals surface area contributed by atoms with E-state index in [1.807, 2.05) is 0 Å². The maximum Gasteiger partial charge on any atom is 0.321 e. The number of carboxylic acid groups (broad SMARTS) is 1. The van der Waals surface area contributed by atoms with Gasteiger partial charge in [-0.3, -0.25) is 4.79 Å². The summed E-state index contributed by atoms with van der Waals surface area (Å²) in [4.78, 5) is 24.1. The second-order valence-electron chi connectivity index (χ2n) is 4.89. The van der Waals surface area contributed by atoms with Crippen LogP contribution in [0.3, 0.4) is 0 Å². The van der Waals surface area contributed by atoms with Gasteiger partial charge < -0.3 is 15.3 Å². The van der Waals surface area contributed by atoms with Gasteiger partial charge in [-0.1, -0.05) is 18.2 Å². The van der Waals surface area contributed by atoms with Gasteiger partial charge in [0.15, 0.2) is 0 Å². The molecule has 112 valence electrons. The van der Waals surface area contributed by atoms with Crippen molar-refractivity contribution in [3.63, 3.8) is 0 Å². The maximum atomic E-state index is 12.0. The number of benzene rings is 1. The number of carbonyl (C=O) groups is 2. The van der Waals surface area contributed by atoms with Crippen molar-refractivity contribution >= 4 is 17.7 Å². The predicted molar refractivity (Wildman–Crippen MR) is 78.8 cm³/mol. The molecule has 1 rings (SSSR count). The molecule has 6 nitrogen and oxygen atoms in total. The summed E-state index contributed by atoms with van der Waals surface area (Å²) < 4.78 is 0. The van der Waals surface area contributed by atoms with Crippen LogP contribution in [0.15, 0.2) is 24.3 Å².